The maximum Gasteiger partial charge on any atom is 0.123 e. The molecule has 0 spiro atoms. The second-order valence-electron chi connectivity index (χ2n) is 5.78. The zero-order valence-electron chi connectivity index (χ0n) is 12.0. The van der Waals surface area contributed by atoms with Crippen LogP contribution in [0.4, 0.5) is 4.39 Å². The van der Waals surface area contributed by atoms with Crippen LogP contribution in [-0.4, -0.2) is 0 Å². The first-order valence-electron chi connectivity index (χ1n) is 7.41. The molecule has 0 aromatic heterocycles. The summed E-state index contributed by atoms with van der Waals surface area (Å²) in [5, 5.41) is 4.45. The van der Waals surface area contributed by atoms with E-state index in [4.69, 9.17) is 11.6 Å². The van der Waals surface area contributed by atoms with Crippen LogP contribution in [0, 0.1) is 11.7 Å². The molecule has 2 aromatic carbocycles. The van der Waals surface area contributed by atoms with Gasteiger partial charge in [-0.25, -0.2) is 4.39 Å². The van der Waals surface area contributed by atoms with Crippen LogP contribution < -0.4 is 5.32 Å². The highest BCUT2D eigenvalue weighted by atomic mass is 35.5. The molecule has 0 amide bonds. The molecule has 110 valence electrons. The minimum atomic E-state index is -0.188. The maximum atomic E-state index is 13.1. The van der Waals surface area contributed by atoms with Crippen molar-refractivity contribution in [1.29, 1.82) is 0 Å². The topological polar surface area (TPSA) is 12.0 Å². The van der Waals surface area contributed by atoms with Gasteiger partial charge in [0.15, 0.2) is 0 Å². The second-order valence-corrected chi connectivity index (χ2v) is 6.18. The molecule has 3 heteroatoms. The van der Waals surface area contributed by atoms with Crippen molar-refractivity contribution < 1.29 is 4.39 Å². The molecule has 1 aliphatic carbocycles. The lowest BCUT2D eigenvalue weighted by Crippen LogP contribution is -2.26. The third kappa shape index (κ3) is 3.45. The zero-order valence-corrected chi connectivity index (χ0v) is 12.8. The molecule has 1 saturated carbocycles. The van der Waals surface area contributed by atoms with Crippen LogP contribution in [0.15, 0.2) is 48.5 Å². The number of rotatable bonds is 5. The van der Waals surface area contributed by atoms with Crippen molar-refractivity contribution in [2.45, 2.75) is 31.8 Å². The lowest BCUT2D eigenvalue weighted by Gasteiger charge is -2.24. The summed E-state index contributed by atoms with van der Waals surface area (Å²) in [6.45, 7) is 2.13. The van der Waals surface area contributed by atoms with Crippen molar-refractivity contribution in [2.75, 3.05) is 0 Å². The Morgan fingerprint density at radius 3 is 2.38 bits per heavy atom. The van der Waals surface area contributed by atoms with Crippen LogP contribution in [0.5, 0.6) is 0 Å². The third-order valence-electron chi connectivity index (χ3n) is 4.12. The van der Waals surface area contributed by atoms with Gasteiger partial charge in [0.2, 0.25) is 0 Å². The van der Waals surface area contributed by atoms with Gasteiger partial charge >= 0.3 is 0 Å². The Bertz CT molecular complexity index is 607. The number of hydrogen-bond donors (Lipinski definition) is 1. The summed E-state index contributed by atoms with van der Waals surface area (Å²) >= 11 is 6.27. The predicted molar refractivity (Wildman–Crippen MR) is 84.9 cm³/mol. The van der Waals surface area contributed by atoms with Gasteiger partial charge in [0.05, 0.1) is 0 Å². The summed E-state index contributed by atoms with van der Waals surface area (Å²) in [6, 6.07) is 15.2. The van der Waals surface area contributed by atoms with E-state index in [2.05, 4.69) is 18.3 Å². The summed E-state index contributed by atoms with van der Waals surface area (Å²) in [5.41, 5.74) is 2.25. The van der Waals surface area contributed by atoms with Gasteiger partial charge in [0, 0.05) is 17.1 Å². The average Bonchev–Trinajstić information content (AvgIpc) is 3.31. The van der Waals surface area contributed by atoms with E-state index in [0.717, 1.165) is 16.1 Å². The Morgan fingerprint density at radius 1 is 1.10 bits per heavy atom. The van der Waals surface area contributed by atoms with Gasteiger partial charge in [0.25, 0.3) is 0 Å². The summed E-state index contributed by atoms with van der Waals surface area (Å²) < 4.78 is 13.1. The summed E-state index contributed by atoms with van der Waals surface area (Å²) in [7, 11) is 0. The summed E-state index contributed by atoms with van der Waals surface area (Å²) in [4.78, 5) is 0. The van der Waals surface area contributed by atoms with E-state index in [1.807, 2.05) is 30.3 Å². The van der Waals surface area contributed by atoms with E-state index < -0.39 is 0 Å². The zero-order chi connectivity index (χ0) is 14.8. The fraction of sp³-hybridized carbons (Fsp3) is 0.333. The smallest absolute Gasteiger partial charge is 0.123 e. The molecule has 0 radical (unpaired) electrons. The molecule has 0 aliphatic heterocycles. The quantitative estimate of drug-likeness (QED) is 0.792. The first-order chi connectivity index (χ1) is 10.1. The van der Waals surface area contributed by atoms with Crippen molar-refractivity contribution in [3.63, 3.8) is 0 Å². The van der Waals surface area contributed by atoms with Crippen molar-refractivity contribution in [3.8, 4) is 0 Å². The van der Waals surface area contributed by atoms with Crippen molar-refractivity contribution in [1.82, 2.24) is 5.32 Å². The summed E-state index contributed by atoms with van der Waals surface area (Å²) in [5.74, 6) is 0.452. The molecule has 1 nitrogen and oxygen atoms in total. The highest BCUT2D eigenvalue weighted by Gasteiger charge is 2.33. The Morgan fingerprint density at radius 2 is 1.76 bits per heavy atom. The van der Waals surface area contributed by atoms with Gasteiger partial charge in [-0.05, 0) is 55.0 Å². The average molecular weight is 304 g/mol. The van der Waals surface area contributed by atoms with Gasteiger partial charge in [-0.1, -0.05) is 41.9 Å². The monoisotopic (exact) mass is 303 g/mol. The van der Waals surface area contributed by atoms with Crippen LogP contribution >= 0.6 is 11.6 Å². The molecule has 1 unspecified atom stereocenters. The summed E-state index contributed by atoms with van der Waals surface area (Å²) in [6.07, 6.45) is 2.45. The number of hydrogen-bond acceptors (Lipinski definition) is 1. The third-order valence-corrected chi connectivity index (χ3v) is 4.47. The first kappa shape index (κ1) is 14.6. The van der Waals surface area contributed by atoms with E-state index in [0.29, 0.717) is 5.92 Å². The highest BCUT2D eigenvalue weighted by Crippen LogP contribution is 2.42. The van der Waals surface area contributed by atoms with Crippen molar-refractivity contribution in [3.05, 3.63) is 70.5 Å². The number of nitrogens with one attached hydrogen (secondary N) is 1. The van der Waals surface area contributed by atoms with Gasteiger partial charge in [-0.2, -0.15) is 0 Å². The van der Waals surface area contributed by atoms with Gasteiger partial charge in [-0.15, -0.1) is 0 Å². The van der Waals surface area contributed by atoms with Gasteiger partial charge in [0.1, 0.15) is 5.82 Å². The lowest BCUT2D eigenvalue weighted by molar-refractivity contribution is 0.427. The second kappa shape index (κ2) is 6.17. The molecule has 21 heavy (non-hydrogen) atoms. The number of halogens is 2. The van der Waals surface area contributed by atoms with Crippen LogP contribution in [0.25, 0.3) is 0 Å². The molecule has 1 aliphatic rings. The van der Waals surface area contributed by atoms with Gasteiger partial charge in [-0.3, -0.25) is 0 Å². The Balaban J connectivity index is 1.79. The predicted octanol–water partition coefficient (Wildman–Crippen LogP) is 5.28. The van der Waals surface area contributed by atoms with Crippen LogP contribution in [0.3, 0.4) is 0 Å². The van der Waals surface area contributed by atoms with Crippen LogP contribution in [0.1, 0.15) is 43.0 Å². The van der Waals surface area contributed by atoms with Crippen molar-refractivity contribution in [2.24, 2.45) is 5.92 Å². The van der Waals surface area contributed by atoms with E-state index in [-0.39, 0.29) is 17.9 Å². The molecular weight excluding hydrogens is 285 g/mol. The Labute approximate surface area is 130 Å². The van der Waals surface area contributed by atoms with E-state index in [1.54, 1.807) is 0 Å². The molecule has 0 saturated heterocycles. The largest absolute Gasteiger partial charge is 0.303 e. The van der Waals surface area contributed by atoms with Crippen LogP contribution in [-0.2, 0) is 0 Å². The van der Waals surface area contributed by atoms with E-state index in [1.165, 1.54) is 25.0 Å². The highest BCUT2D eigenvalue weighted by molar-refractivity contribution is 6.31. The molecule has 1 fully saturated rings. The minimum Gasteiger partial charge on any atom is -0.303 e. The van der Waals surface area contributed by atoms with E-state index in [9.17, 15) is 4.39 Å². The Kier molecular flexibility index (Phi) is 4.27. The molecule has 0 heterocycles. The molecule has 0 bridgehead atoms. The molecule has 1 N–H and O–H groups in total. The van der Waals surface area contributed by atoms with Crippen LogP contribution in [0.2, 0.25) is 5.02 Å². The normalized spacial score (nSPS) is 17.5. The minimum absolute atomic E-state index is 0.161. The first-order valence-corrected chi connectivity index (χ1v) is 7.79. The lowest BCUT2D eigenvalue weighted by atomic mass is 9.99. The number of benzene rings is 2. The van der Waals surface area contributed by atoms with Gasteiger partial charge < -0.3 is 5.32 Å². The molecule has 2 aromatic rings. The van der Waals surface area contributed by atoms with Crippen molar-refractivity contribution >= 4 is 11.6 Å². The molecule has 3 rings (SSSR count). The Hall–Kier alpha value is -1.38. The SMILES string of the molecule is C[C@@H](NC(c1ccc(F)cc1)C1CC1)c1ccccc1Cl. The van der Waals surface area contributed by atoms with E-state index >= 15 is 0 Å². The molecule has 2 atom stereocenters. The fourth-order valence-corrected chi connectivity index (χ4v) is 3.09. The standard InChI is InChI=1S/C18H19ClFN/c1-12(16-4-2-3-5-17(16)19)21-18(13-6-7-13)14-8-10-15(20)11-9-14/h2-5,8-13,18,21H,6-7H2,1H3/t12-,18?/m1/s1. The fourth-order valence-electron chi connectivity index (χ4n) is 2.79. The molecular formula is C18H19ClFN. The maximum absolute atomic E-state index is 13.1.